The van der Waals surface area contributed by atoms with E-state index in [1.54, 1.807) is 23.6 Å². The Labute approximate surface area is 150 Å². The summed E-state index contributed by atoms with van der Waals surface area (Å²) in [5, 5.41) is 2.74. The molecule has 1 heterocycles. The van der Waals surface area contributed by atoms with E-state index in [4.69, 9.17) is 0 Å². The number of para-hydroxylation sites is 1. The number of thioether (sulfide) groups is 1. The van der Waals surface area contributed by atoms with Crippen LogP contribution in [0.2, 0.25) is 0 Å². The van der Waals surface area contributed by atoms with Crippen molar-refractivity contribution in [1.82, 2.24) is 4.98 Å². The third kappa shape index (κ3) is 3.86. The Kier molecular flexibility index (Phi) is 5.33. The zero-order valence-electron chi connectivity index (χ0n) is 13.6. The van der Waals surface area contributed by atoms with E-state index in [2.05, 4.69) is 30.1 Å². The summed E-state index contributed by atoms with van der Waals surface area (Å²) >= 11 is 3.27. The van der Waals surface area contributed by atoms with Gasteiger partial charge in [0.05, 0.1) is 11.4 Å². The Morgan fingerprint density at radius 3 is 2.54 bits per heavy atom. The maximum absolute atomic E-state index is 12.1. The van der Waals surface area contributed by atoms with Crippen LogP contribution in [-0.2, 0) is 10.5 Å². The second kappa shape index (κ2) is 7.64. The first-order chi connectivity index (χ1) is 11.6. The Balaban J connectivity index is 1.77. The zero-order chi connectivity index (χ0) is 16.9. The Morgan fingerprint density at radius 1 is 1.12 bits per heavy atom. The molecule has 1 aromatic heterocycles. The first-order valence-corrected chi connectivity index (χ1v) is 9.50. The number of aromatic nitrogens is 1. The van der Waals surface area contributed by atoms with E-state index in [1.807, 2.05) is 41.8 Å². The van der Waals surface area contributed by atoms with Gasteiger partial charge in [0, 0.05) is 23.0 Å². The number of anilines is 2. The summed E-state index contributed by atoms with van der Waals surface area (Å²) in [6.45, 7) is 3.68. The topological polar surface area (TPSA) is 33.2 Å². The maximum atomic E-state index is 12.1. The molecule has 3 rings (SSSR count). The van der Waals surface area contributed by atoms with E-state index in [1.165, 1.54) is 21.8 Å². The van der Waals surface area contributed by atoms with Gasteiger partial charge >= 0.3 is 0 Å². The van der Waals surface area contributed by atoms with Gasteiger partial charge in [0.25, 0.3) is 0 Å². The number of rotatable bonds is 5. The summed E-state index contributed by atoms with van der Waals surface area (Å²) in [6.07, 6.45) is 0. The molecule has 0 bridgehead atoms. The van der Waals surface area contributed by atoms with E-state index in [0.717, 1.165) is 17.1 Å². The van der Waals surface area contributed by atoms with Gasteiger partial charge < -0.3 is 0 Å². The third-order valence-corrected chi connectivity index (χ3v) is 5.61. The lowest BCUT2D eigenvalue weighted by Crippen LogP contribution is -2.22. The highest BCUT2D eigenvalue weighted by Gasteiger charge is 2.17. The van der Waals surface area contributed by atoms with Gasteiger partial charge in [-0.05, 0) is 30.7 Å². The average Bonchev–Trinajstić information content (AvgIpc) is 3.03. The molecular formula is C19H18N2OS2. The minimum atomic E-state index is -0.0337. The molecule has 0 unspecified atom stereocenters. The van der Waals surface area contributed by atoms with Crippen LogP contribution in [0.25, 0.3) is 0 Å². The Bertz CT molecular complexity index is 830. The minimum absolute atomic E-state index is 0.0337. The van der Waals surface area contributed by atoms with E-state index in [9.17, 15) is 4.79 Å². The monoisotopic (exact) mass is 354 g/mol. The van der Waals surface area contributed by atoms with Gasteiger partial charge in [-0.15, -0.1) is 23.1 Å². The van der Waals surface area contributed by atoms with Gasteiger partial charge in [0.15, 0.2) is 5.13 Å². The lowest BCUT2D eigenvalue weighted by Gasteiger charge is -2.17. The number of amides is 1. The van der Waals surface area contributed by atoms with Crippen LogP contribution in [0, 0.1) is 6.92 Å². The minimum Gasteiger partial charge on any atom is -0.274 e. The van der Waals surface area contributed by atoms with Gasteiger partial charge in [-0.1, -0.05) is 36.4 Å². The molecule has 1 amide bonds. The molecule has 0 atom stereocenters. The predicted molar refractivity (Wildman–Crippen MR) is 102 cm³/mol. The largest absolute Gasteiger partial charge is 0.274 e. The molecule has 0 fully saturated rings. The molecule has 0 radical (unpaired) electrons. The van der Waals surface area contributed by atoms with Crippen LogP contribution in [0.3, 0.4) is 0 Å². The number of aryl methyl sites for hydroxylation is 1. The standard InChI is InChI=1S/C19H18N2OS2/c1-14-8-6-7-11-18(14)23-12-16-13-24-19(20-16)21(15(2)22)17-9-4-3-5-10-17/h3-11,13H,12H2,1-2H3. The van der Waals surface area contributed by atoms with Crippen molar-refractivity contribution in [3.8, 4) is 0 Å². The molecule has 0 saturated heterocycles. The van der Waals surface area contributed by atoms with Crippen molar-refractivity contribution in [3.63, 3.8) is 0 Å². The van der Waals surface area contributed by atoms with Crippen LogP contribution >= 0.6 is 23.1 Å². The Hall–Kier alpha value is -2.11. The van der Waals surface area contributed by atoms with Crippen LogP contribution in [0.1, 0.15) is 18.2 Å². The summed E-state index contributed by atoms with van der Waals surface area (Å²) in [5.74, 6) is 0.760. The van der Waals surface area contributed by atoms with Crippen LogP contribution in [-0.4, -0.2) is 10.9 Å². The van der Waals surface area contributed by atoms with Crippen molar-refractivity contribution >= 4 is 39.8 Å². The van der Waals surface area contributed by atoms with Crippen molar-refractivity contribution < 1.29 is 4.79 Å². The van der Waals surface area contributed by atoms with Crippen molar-refractivity contribution in [1.29, 1.82) is 0 Å². The van der Waals surface area contributed by atoms with Crippen molar-refractivity contribution in [2.45, 2.75) is 24.5 Å². The molecule has 0 aliphatic rings. The van der Waals surface area contributed by atoms with Gasteiger partial charge in [-0.2, -0.15) is 0 Å². The van der Waals surface area contributed by atoms with Crippen molar-refractivity contribution in [2.24, 2.45) is 0 Å². The summed E-state index contributed by atoms with van der Waals surface area (Å²) in [5.41, 5.74) is 3.11. The molecule has 3 aromatic rings. The fourth-order valence-electron chi connectivity index (χ4n) is 2.34. The molecule has 122 valence electrons. The Morgan fingerprint density at radius 2 is 1.83 bits per heavy atom. The van der Waals surface area contributed by atoms with Gasteiger partial charge in [-0.25, -0.2) is 4.98 Å². The smallest absolute Gasteiger partial charge is 0.230 e. The maximum Gasteiger partial charge on any atom is 0.230 e. The summed E-state index contributed by atoms with van der Waals surface area (Å²) in [4.78, 5) is 19.6. The molecule has 3 nitrogen and oxygen atoms in total. The summed E-state index contributed by atoms with van der Waals surface area (Å²) in [7, 11) is 0. The fourth-order valence-corrected chi connectivity index (χ4v) is 4.25. The first kappa shape index (κ1) is 16.7. The van der Waals surface area contributed by atoms with E-state index in [-0.39, 0.29) is 5.91 Å². The van der Waals surface area contributed by atoms with Gasteiger partial charge in [0.2, 0.25) is 5.91 Å². The van der Waals surface area contributed by atoms with E-state index < -0.39 is 0 Å². The summed E-state index contributed by atoms with van der Waals surface area (Å²) < 4.78 is 0. The highest BCUT2D eigenvalue weighted by Crippen LogP contribution is 2.31. The first-order valence-electron chi connectivity index (χ1n) is 7.64. The van der Waals surface area contributed by atoms with Gasteiger partial charge in [-0.3, -0.25) is 9.69 Å². The molecular weight excluding hydrogens is 336 g/mol. The predicted octanol–water partition coefficient (Wildman–Crippen LogP) is 5.43. The van der Waals surface area contributed by atoms with Crippen LogP contribution < -0.4 is 4.90 Å². The molecule has 0 saturated carbocycles. The zero-order valence-corrected chi connectivity index (χ0v) is 15.2. The number of carbonyl (C=O) groups excluding carboxylic acids is 1. The molecule has 0 aliphatic carbocycles. The lowest BCUT2D eigenvalue weighted by atomic mass is 10.2. The third-order valence-electron chi connectivity index (χ3n) is 3.53. The van der Waals surface area contributed by atoms with Crippen LogP contribution in [0.15, 0.2) is 64.9 Å². The molecule has 0 N–H and O–H groups in total. The molecule has 24 heavy (non-hydrogen) atoms. The second-order valence-electron chi connectivity index (χ2n) is 5.37. The molecule has 0 spiro atoms. The number of hydrogen-bond acceptors (Lipinski definition) is 4. The number of nitrogens with zero attached hydrogens (tertiary/aromatic N) is 2. The quantitative estimate of drug-likeness (QED) is 0.573. The average molecular weight is 355 g/mol. The van der Waals surface area contributed by atoms with Crippen molar-refractivity contribution in [2.75, 3.05) is 4.90 Å². The molecule has 0 aliphatic heterocycles. The fraction of sp³-hybridized carbons (Fsp3) is 0.158. The van der Waals surface area contributed by atoms with Gasteiger partial charge in [0.1, 0.15) is 0 Å². The number of thiazole rings is 1. The summed E-state index contributed by atoms with van der Waals surface area (Å²) in [6, 6.07) is 18.0. The van der Waals surface area contributed by atoms with E-state index >= 15 is 0 Å². The number of hydrogen-bond donors (Lipinski definition) is 0. The highest BCUT2D eigenvalue weighted by molar-refractivity contribution is 7.98. The molecule has 5 heteroatoms. The highest BCUT2D eigenvalue weighted by atomic mass is 32.2. The van der Waals surface area contributed by atoms with E-state index in [0.29, 0.717) is 5.13 Å². The number of carbonyl (C=O) groups is 1. The SMILES string of the molecule is CC(=O)N(c1ccccc1)c1nc(CSc2ccccc2C)cs1. The number of benzene rings is 2. The molecule has 2 aromatic carbocycles. The second-order valence-corrected chi connectivity index (χ2v) is 7.22. The van der Waals surface area contributed by atoms with Crippen LogP contribution in [0.5, 0.6) is 0 Å². The van der Waals surface area contributed by atoms with Crippen LogP contribution in [0.4, 0.5) is 10.8 Å². The lowest BCUT2D eigenvalue weighted by molar-refractivity contribution is -0.115. The van der Waals surface area contributed by atoms with Crippen molar-refractivity contribution in [3.05, 3.63) is 71.2 Å². The normalized spacial score (nSPS) is 10.6.